The van der Waals surface area contributed by atoms with Crippen molar-refractivity contribution in [3.05, 3.63) is 52.8 Å². The fourth-order valence-corrected chi connectivity index (χ4v) is 3.61. The number of hydrogen-bond acceptors (Lipinski definition) is 3. The van der Waals surface area contributed by atoms with Crippen molar-refractivity contribution in [3.8, 4) is 5.69 Å². The van der Waals surface area contributed by atoms with Crippen LogP contribution in [0.15, 0.2) is 30.3 Å². The minimum atomic E-state index is -0.0618. The molecule has 1 aliphatic rings. The van der Waals surface area contributed by atoms with Crippen LogP contribution in [0.3, 0.4) is 0 Å². The van der Waals surface area contributed by atoms with Gasteiger partial charge in [-0.1, -0.05) is 12.1 Å². The molecule has 1 amide bonds. The van der Waals surface area contributed by atoms with Gasteiger partial charge in [0.15, 0.2) is 0 Å². The molecule has 1 N–H and O–H groups in total. The predicted molar refractivity (Wildman–Crippen MR) is 97.3 cm³/mol. The van der Waals surface area contributed by atoms with Crippen molar-refractivity contribution in [2.24, 2.45) is 0 Å². The van der Waals surface area contributed by atoms with E-state index in [1.54, 1.807) is 0 Å². The van der Waals surface area contributed by atoms with Crippen LogP contribution in [-0.4, -0.2) is 52.9 Å². The molecule has 0 saturated carbocycles. The Bertz CT molecular complexity index is 764. The van der Waals surface area contributed by atoms with Gasteiger partial charge in [0.2, 0.25) is 0 Å². The minimum absolute atomic E-state index is 0.0220. The predicted octanol–water partition coefficient (Wildman–Crippen LogP) is 2.63. The smallest absolute Gasteiger partial charge is 0.256 e. The molecule has 0 aliphatic carbocycles. The number of ether oxygens (including phenoxy) is 1. The van der Waals surface area contributed by atoms with Gasteiger partial charge in [-0.25, -0.2) is 0 Å². The SMILES string of the molecule is Cc1cccc(-n2c(C)cc(C(=O)N3CCOC[C@@H]3CCO)c2C)c1. The van der Waals surface area contributed by atoms with Crippen molar-refractivity contribution in [1.29, 1.82) is 0 Å². The van der Waals surface area contributed by atoms with Crippen LogP contribution in [0.1, 0.15) is 33.7 Å². The summed E-state index contributed by atoms with van der Waals surface area (Å²) in [4.78, 5) is 15.0. The van der Waals surface area contributed by atoms with Gasteiger partial charge >= 0.3 is 0 Å². The summed E-state index contributed by atoms with van der Waals surface area (Å²) in [5, 5.41) is 9.27. The van der Waals surface area contributed by atoms with Crippen LogP contribution >= 0.6 is 0 Å². The summed E-state index contributed by atoms with van der Waals surface area (Å²) < 4.78 is 7.61. The molecule has 3 rings (SSSR count). The minimum Gasteiger partial charge on any atom is -0.396 e. The van der Waals surface area contributed by atoms with Gasteiger partial charge in [-0.3, -0.25) is 4.79 Å². The molecule has 2 heterocycles. The number of aliphatic hydroxyl groups is 1. The Morgan fingerprint density at radius 1 is 1.28 bits per heavy atom. The second-order valence-electron chi connectivity index (χ2n) is 6.70. The van der Waals surface area contributed by atoms with Gasteiger partial charge in [-0.2, -0.15) is 0 Å². The summed E-state index contributed by atoms with van der Waals surface area (Å²) >= 11 is 0. The highest BCUT2D eigenvalue weighted by Crippen LogP contribution is 2.24. The number of rotatable bonds is 4. The first-order valence-corrected chi connectivity index (χ1v) is 8.78. The average Bonchev–Trinajstić information content (AvgIpc) is 2.89. The van der Waals surface area contributed by atoms with E-state index in [1.807, 2.05) is 30.9 Å². The molecule has 1 fully saturated rings. The van der Waals surface area contributed by atoms with Crippen LogP contribution in [0.5, 0.6) is 0 Å². The molecular weight excluding hydrogens is 316 g/mol. The highest BCUT2D eigenvalue weighted by molar-refractivity contribution is 5.96. The number of amides is 1. The van der Waals surface area contributed by atoms with E-state index < -0.39 is 0 Å². The molecule has 1 atom stereocenters. The first-order valence-electron chi connectivity index (χ1n) is 8.78. The van der Waals surface area contributed by atoms with Crippen LogP contribution in [-0.2, 0) is 4.74 Å². The van der Waals surface area contributed by atoms with Crippen molar-refractivity contribution in [1.82, 2.24) is 9.47 Å². The Hall–Kier alpha value is -2.11. The first-order chi connectivity index (χ1) is 12.0. The van der Waals surface area contributed by atoms with Gasteiger partial charge < -0.3 is 19.3 Å². The summed E-state index contributed by atoms with van der Waals surface area (Å²) in [7, 11) is 0. The molecule has 0 bridgehead atoms. The fraction of sp³-hybridized carbons (Fsp3) is 0.450. The van der Waals surface area contributed by atoms with Crippen LogP contribution in [0, 0.1) is 20.8 Å². The highest BCUT2D eigenvalue weighted by atomic mass is 16.5. The van der Waals surface area contributed by atoms with Crippen molar-refractivity contribution in [2.45, 2.75) is 33.2 Å². The molecule has 1 aromatic carbocycles. The number of aryl methyl sites for hydroxylation is 2. The first kappa shape index (κ1) is 17.7. The molecule has 0 spiro atoms. The normalized spacial score (nSPS) is 17.8. The zero-order valence-corrected chi connectivity index (χ0v) is 15.2. The molecule has 1 aromatic heterocycles. The number of hydrogen-bond donors (Lipinski definition) is 1. The Balaban J connectivity index is 1.95. The third kappa shape index (κ3) is 3.48. The number of nitrogens with zero attached hydrogens (tertiary/aromatic N) is 2. The van der Waals surface area contributed by atoms with Gasteiger partial charge in [0, 0.05) is 30.2 Å². The highest BCUT2D eigenvalue weighted by Gasteiger charge is 2.29. The molecule has 5 nitrogen and oxygen atoms in total. The second kappa shape index (κ2) is 7.42. The van der Waals surface area contributed by atoms with Crippen molar-refractivity contribution in [3.63, 3.8) is 0 Å². The Morgan fingerprint density at radius 3 is 2.80 bits per heavy atom. The summed E-state index contributed by atoms with van der Waals surface area (Å²) in [5.74, 6) is 0.0220. The maximum absolute atomic E-state index is 13.1. The van der Waals surface area contributed by atoms with Crippen molar-refractivity contribution in [2.75, 3.05) is 26.4 Å². The van der Waals surface area contributed by atoms with E-state index in [0.717, 1.165) is 22.6 Å². The van der Waals surface area contributed by atoms with Crippen LogP contribution in [0.4, 0.5) is 0 Å². The Labute approximate surface area is 148 Å². The molecule has 0 unspecified atom stereocenters. The molecule has 2 aromatic rings. The lowest BCUT2D eigenvalue weighted by atomic mass is 10.1. The third-order valence-electron chi connectivity index (χ3n) is 4.87. The van der Waals surface area contributed by atoms with Gasteiger partial charge in [0.25, 0.3) is 5.91 Å². The quantitative estimate of drug-likeness (QED) is 0.929. The lowest BCUT2D eigenvalue weighted by Crippen LogP contribution is -2.49. The molecule has 25 heavy (non-hydrogen) atoms. The van der Waals surface area contributed by atoms with E-state index in [0.29, 0.717) is 26.2 Å². The Kier molecular flexibility index (Phi) is 5.25. The van der Waals surface area contributed by atoms with E-state index in [-0.39, 0.29) is 18.6 Å². The van der Waals surface area contributed by atoms with E-state index >= 15 is 0 Å². The van der Waals surface area contributed by atoms with Crippen LogP contribution in [0.25, 0.3) is 5.69 Å². The van der Waals surface area contributed by atoms with Crippen LogP contribution < -0.4 is 0 Å². The van der Waals surface area contributed by atoms with Crippen molar-refractivity contribution < 1.29 is 14.6 Å². The lowest BCUT2D eigenvalue weighted by molar-refractivity contribution is -0.00833. The third-order valence-corrected chi connectivity index (χ3v) is 4.87. The van der Waals surface area contributed by atoms with Gasteiger partial charge in [0.1, 0.15) is 0 Å². The van der Waals surface area contributed by atoms with E-state index in [9.17, 15) is 9.90 Å². The number of benzene rings is 1. The molecule has 5 heteroatoms. The summed E-state index contributed by atoms with van der Waals surface area (Å²) in [6.07, 6.45) is 0.544. The van der Waals surface area contributed by atoms with Crippen molar-refractivity contribution >= 4 is 5.91 Å². The molecule has 1 aliphatic heterocycles. The van der Waals surface area contributed by atoms with Gasteiger partial charge in [0.05, 0.1) is 24.8 Å². The largest absolute Gasteiger partial charge is 0.396 e. The summed E-state index contributed by atoms with van der Waals surface area (Å²) in [5.41, 5.74) is 4.97. The van der Waals surface area contributed by atoms with Crippen LogP contribution in [0.2, 0.25) is 0 Å². The number of aromatic nitrogens is 1. The zero-order chi connectivity index (χ0) is 18.0. The standard InChI is InChI=1S/C20H26N2O3/c1-14-5-4-6-17(11-14)22-15(2)12-19(16(22)3)20(24)21-8-10-25-13-18(21)7-9-23/h4-6,11-12,18,23H,7-10,13H2,1-3H3/t18-/m0/s1. The lowest BCUT2D eigenvalue weighted by Gasteiger charge is -2.35. The second-order valence-corrected chi connectivity index (χ2v) is 6.70. The number of carbonyl (C=O) groups is 1. The summed E-state index contributed by atoms with van der Waals surface area (Å²) in [6, 6.07) is 10.2. The molecule has 0 radical (unpaired) electrons. The number of carbonyl (C=O) groups excluding carboxylic acids is 1. The monoisotopic (exact) mass is 342 g/mol. The number of morpholine rings is 1. The molecular formula is C20H26N2O3. The molecule has 1 saturated heterocycles. The fourth-order valence-electron chi connectivity index (χ4n) is 3.61. The van der Waals surface area contributed by atoms with E-state index in [2.05, 4.69) is 29.7 Å². The maximum atomic E-state index is 13.1. The Morgan fingerprint density at radius 2 is 2.08 bits per heavy atom. The number of aliphatic hydroxyl groups excluding tert-OH is 1. The zero-order valence-electron chi connectivity index (χ0n) is 15.2. The molecule has 134 valence electrons. The maximum Gasteiger partial charge on any atom is 0.256 e. The van der Waals surface area contributed by atoms with Gasteiger partial charge in [-0.05, 0) is 51.0 Å². The topological polar surface area (TPSA) is 54.7 Å². The van der Waals surface area contributed by atoms with E-state index in [1.165, 1.54) is 5.56 Å². The summed E-state index contributed by atoms with van der Waals surface area (Å²) in [6.45, 7) is 7.74. The van der Waals surface area contributed by atoms with Gasteiger partial charge in [-0.15, -0.1) is 0 Å². The average molecular weight is 342 g/mol. The van der Waals surface area contributed by atoms with E-state index in [4.69, 9.17) is 4.74 Å².